The smallest absolute Gasteiger partial charge is 0.227 e. The third kappa shape index (κ3) is 4.56. The zero-order chi connectivity index (χ0) is 21.8. The van der Waals surface area contributed by atoms with E-state index in [1.807, 2.05) is 17.0 Å². The second-order valence-corrected chi connectivity index (χ2v) is 7.87. The zero-order valence-corrected chi connectivity index (χ0v) is 18.5. The van der Waals surface area contributed by atoms with Crippen LogP contribution in [0.5, 0.6) is 23.0 Å². The SMILES string of the molecule is COc1ccc(CC(=O)N2CCN(Cc3ccc4c(c3)CCO4)CC2)c(OC)c1OC. The Balaban J connectivity index is 1.34. The fraction of sp³-hybridized carbons (Fsp3) is 0.458. The lowest BCUT2D eigenvalue weighted by atomic mass is 10.1. The normalized spacial score (nSPS) is 15.9. The maximum atomic E-state index is 12.9. The molecule has 0 aromatic heterocycles. The molecule has 2 aliphatic rings. The van der Waals surface area contributed by atoms with Crippen LogP contribution in [0.4, 0.5) is 0 Å². The Bertz CT molecular complexity index is 938. The van der Waals surface area contributed by atoms with Crippen molar-refractivity contribution in [3.05, 3.63) is 47.0 Å². The number of hydrogen-bond acceptors (Lipinski definition) is 6. The van der Waals surface area contributed by atoms with Crippen molar-refractivity contribution in [2.45, 2.75) is 19.4 Å². The van der Waals surface area contributed by atoms with Crippen LogP contribution in [0.25, 0.3) is 0 Å². The number of carbonyl (C=O) groups excluding carboxylic acids is 1. The maximum Gasteiger partial charge on any atom is 0.227 e. The highest BCUT2D eigenvalue weighted by molar-refractivity contribution is 5.80. The number of rotatable bonds is 7. The monoisotopic (exact) mass is 426 g/mol. The highest BCUT2D eigenvalue weighted by Gasteiger charge is 2.24. The van der Waals surface area contributed by atoms with Gasteiger partial charge in [0.15, 0.2) is 11.5 Å². The minimum absolute atomic E-state index is 0.0971. The largest absolute Gasteiger partial charge is 0.493 e. The van der Waals surface area contributed by atoms with Gasteiger partial charge in [-0.15, -0.1) is 0 Å². The quantitative estimate of drug-likeness (QED) is 0.678. The molecule has 0 N–H and O–H groups in total. The van der Waals surface area contributed by atoms with Crippen molar-refractivity contribution in [1.29, 1.82) is 0 Å². The van der Waals surface area contributed by atoms with E-state index in [4.69, 9.17) is 18.9 Å². The fourth-order valence-electron chi connectivity index (χ4n) is 4.33. The first-order valence-corrected chi connectivity index (χ1v) is 10.7. The minimum atomic E-state index is 0.0971. The predicted octanol–water partition coefficient (Wildman–Crippen LogP) is 2.53. The van der Waals surface area contributed by atoms with Gasteiger partial charge in [0, 0.05) is 44.7 Å². The molecule has 7 heteroatoms. The van der Waals surface area contributed by atoms with Gasteiger partial charge in [0.1, 0.15) is 5.75 Å². The standard InChI is InChI=1S/C24H30N2O5/c1-28-21-7-5-19(23(29-2)24(21)30-3)15-22(27)26-11-9-25(10-12-26)16-17-4-6-20-18(14-17)8-13-31-20/h4-7,14H,8-13,15-16H2,1-3H3. The van der Waals surface area contributed by atoms with E-state index in [1.165, 1.54) is 11.1 Å². The Morgan fingerprint density at radius 3 is 2.45 bits per heavy atom. The first-order valence-electron chi connectivity index (χ1n) is 10.7. The average Bonchev–Trinajstić information content (AvgIpc) is 3.27. The van der Waals surface area contributed by atoms with E-state index < -0.39 is 0 Å². The van der Waals surface area contributed by atoms with Crippen LogP contribution in [0.1, 0.15) is 16.7 Å². The topological polar surface area (TPSA) is 60.5 Å². The van der Waals surface area contributed by atoms with Crippen LogP contribution < -0.4 is 18.9 Å². The number of hydrogen-bond donors (Lipinski definition) is 0. The number of amides is 1. The van der Waals surface area contributed by atoms with Gasteiger partial charge < -0.3 is 23.8 Å². The van der Waals surface area contributed by atoms with E-state index in [2.05, 4.69) is 23.1 Å². The van der Waals surface area contributed by atoms with E-state index in [1.54, 1.807) is 21.3 Å². The zero-order valence-electron chi connectivity index (χ0n) is 18.5. The highest BCUT2D eigenvalue weighted by atomic mass is 16.5. The minimum Gasteiger partial charge on any atom is -0.493 e. The Labute approximate surface area is 183 Å². The average molecular weight is 427 g/mol. The summed E-state index contributed by atoms with van der Waals surface area (Å²) in [6, 6.07) is 10.2. The van der Waals surface area contributed by atoms with Crippen molar-refractivity contribution < 1.29 is 23.7 Å². The van der Waals surface area contributed by atoms with Gasteiger partial charge >= 0.3 is 0 Å². The van der Waals surface area contributed by atoms with Crippen molar-refractivity contribution in [2.75, 3.05) is 54.1 Å². The van der Waals surface area contributed by atoms with Crippen LogP contribution in [-0.2, 0) is 24.2 Å². The molecule has 2 aromatic carbocycles. The van der Waals surface area contributed by atoms with Gasteiger partial charge in [-0.3, -0.25) is 9.69 Å². The summed E-state index contributed by atoms with van der Waals surface area (Å²) in [7, 11) is 4.73. The van der Waals surface area contributed by atoms with Crippen LogP contribution in [0.15, 0.2) is 30.3 Å². The summed E-state index contributed by atoms with van der Waals surface area (Å²) in [5.74, 6) is 2.76. The summed E-state index contributed by atoms with van der Waals surface area (Å²) in [6.07, 6.45) is 1.26. The highest BCUT2D eigenvalue weighted by Crippen LogP contribution is 2.40. The van der Waals surface area contributed by atoms with Crippen LogP contribution in [0, 0.1) is 0 Å². The third-order valence-corrected chi connectivity index (χ3v) is 6.01. The van der Waals surface area contributed by atoms with Crippen molar-refractivity contribution in [3.63, 3.8) is 0 Å². The molecular weight excluding hydrogens is 396 g/mol. The lowest BCUT2D eigenvalue weighted by Gasteiger charge is -2.35. The second kappa shape index (κ2) is 9.47. The van der Waals surface area contributed by atoms with Gasteiger partial charge in [-0.1, -0.05) is 18.2 Å². The second-order valence-electron chi connectivity index (χ2n) is 7.87. The summed E-state index contributed by atoms with van der Waals surface area (Å²) in [5, 5.41) is 0. The molecule has 2 aliphatic heterocycles. The number of ether oxygens (including phenoxy) is 4. The van der Waals surface area contributed by atoms with E-state index in [9.17, 15) is 4.79 Å². The molecule has 7 nitrogen and oxygen atoms in total. The first-order chi connectivity index (χ1) is 15.1. The lowest BCUT2D eigenvalue weighted by Crippen LogP contribution is -2.48. The van der Waals surface area contributed by atoms with Crippen LogP contribution >= 0.6 is 0 Å². The Morgan fingerprint density at radius 1 is 0.968 bits per heavy atom. The van der Waals surface area contributed by atoms with Crippen molar-refractivity contribution in [1.82, 2.24) is 9.80 Å². The molecule has 1 amide bonds. The van der Waals surface area contributed by atoms with Crippen molar-refractivity contribution in [3.8, 4) is 23.0 Å². The van der Waals surface area contributed by atoms with Crippen molar-refractivity contribution >= 4 is 5.91 Å². The molecule has 0 radical (unpaired) electrons. The molecule has 0 bridgehead atoms. The maximum absolute atomic E-state index is 12.9. The molecular formula is C24H30N2O5. The van der Waals surface area contributed by atoms with Gasteiger partial charge in [0.2, 0.25) is 11.7 Å². The summed E-state index contributed by atoms with van der Waals surface area (Å²) in [5.41, 5.74) is 3.40. The number of nitrogens with zero attached hydrogens (tertiary/aromatic N) is 2. The Hall–Kier alpha value is -2.93. The molecule has 1 fully saturated rings. The Morgan fingerprint density at radius 2 is 1.74 bits per heavy atom. The summed E-state index contributed by atoms with van der Waals surface area (Å²) >= 11 is 0. The van der Waals surface area contributed by atoms with E-state index >= 15 is 0 Å². The number of methoxy groups -OCH3 is 3. The molecule has 0 aliphatic carbocycles. The molecule has 0 atom stereocenters. The molecule has 1 saturated heterocycles. The number of benzene rings is 2. The van der Waals surface area contributed by atoms with E-state index in [-0.39, 0.29) is 12.3 Å². The Kier molecular flexibility index (Phi) is 6.51. The molecule has 31 heavy (non-hydrogen) atoms. The van der Waals surface area contributed by atoms with Gasteiger partial charge in [-0.05, 0) is 23.3 Å². The summed E-state index contributed by atoms with van der Waals surface area (Å²) < 4.78 is 21.9. The van der Waals surface area contributed by atoms with E-state index in [0.717, 1.165) is 57.1 Å². The molecule has 0 unspecified atom stereocenters. The van der Waals surface area contributed by atoms with Gasteiger partial charge in [-0.25, -0.2) is 0 Å². The lowest BCUT2D eigenvalue weighted by molar-refractivity contribution is -0.132. The predicted molar refractivity (Wildman–Crippen MR) is 117 cm³/mol. The third-order valence-electron chi connectivity index (χ3n) is 6.01. The van der Waals surface area contributed by atoms with Crippen molar-refractivity contribution in [2.24, 2.45) is 0 Å². The molecule has 4 rings (SSSR count). The van der Waals surface area contributed by atoms with Gasteiger partial charge in [-0.2, -0.15) is 0 Å². The molecule has 0 spiro atoms. The first kappa shape index (κ1) is 21.3. The molecule has 2 heterocycles. The summed E-state index contributed by atoms with van der Waals surface area (Å²) in [4.78, 5) is 17.3. The van der Waals surface area contributed by atoms with Crippen LogP contribution in [-0.4, -0.2) is 69.8 Å². The van der Waals surface area contributed by atoms with Crippen LogP contribution in [0.2, 0.25) is 0 Å². The number of fused-ring (bicyclic) bond motifs is 1. The summed E-state index contributed by atoms with van der Waals surface area (Å²) in [6.45, 7) is 4.86. The number of piperazine rings is 1. The van der Waals surface area contributed by atoms with Gasteiger partial charge in [0.25, 0.3) is 0 Å². The molecule has 0 saturated carbocycles. The number of carbonyl (C=O) groups is 1. The van der Waals surface area contributed by atoms with Gasteiger partial charge in [0.05, 0.1) is 34.4 Å². The van der Waals surface area contributed by atoms with E-state index in [0.29, 0.717) is 17.2 Å². The van der Waals surface area contributed by atoms with Crippen LogP contribution in [0.3, 0.4) is 0 Å². The fourth-order valence-corrected chi connectivity index (χ4v) is 4.33. The molecule has 2 aromatic rings. The molecule has 166 valence electrons.